The fourth-order valence-corrected chi connectivity index (χ4v) is 2.38. The van der Waals surface area contributed by atoms with E-state index in [0.29, 0.717) is 12.1 Å². The van der Waals surface area contributed by atoms with Crippen molar-refractivity contribution in [2.75, 3.05) is 33.4 Å². The largest absolute Gasteiger partial charge is 0.381 e. The average Bonchev–Trinajstić information content (AvgIpc) is 2.29. The zero-order valence-electron chi connectivity index (χ0n) is 11.3. The Balaban J connectivity index is 2.29. The zero-order chi connectivity index (χ0) is 12.0. The zero-order valence-corrected chi connectivity index (χ0v) is 11.3. The first-order valence-electron chi connectivity index (χ1n) is 6.66. The molecule has 3 heteroatoms. The molecule has 0 bridgehead atoms. The first kappa shape index (κ1) is 13.9. The van der Waals surface area contributed by atoms with E-state index in [2.05, 4.69) is 38.0 Å². The van der Waals surface area contributed by atoms with Gasteiger partial charge < -0.3 is 15.0 Å². The second-order valence-electron chi connectivity index (χ2n) is 5.08. The molecule has 1 rings (SSSR count). The van der Waals surface area contributed by atoms with Crippen LogP contribution in [0.25, 0.3) is 0 Å². The Morgan fingerprint density at radius 3 is 2.50 bits per heavy atom. The Labute approximate surface area is 101 Å². The Kier molecular flexibility index (Phi) is 6.32. The molecule has 0 aromatic rings. The van der Waals surface area contributed by atoms with Crippen molar-refractivity contribution in [2.45, 2.75) is 45.7 Å². The van der Waals surface area contributed by atoms with Crippen LogP contribution in [0, 0.1) is 5.92 Å². The molecule has 0 aromatic heterocycles. The molecule has 3 nitrogen and oxygen atoms in total. The van der Waals surface area contributed by atoms with Gasteiger partial charge in [-0.15, -0.1) is 0 Å². The van der Waals surface area contributed by atoms with Crippen LogP contribution in [0.15, 0.2) is 0 Å². The van der Waals surface area contributed by atoms with Gasteiger partial charge in [-0.3, -0.25) is 0 Å². The Hall–Kier alpha value is -0.120. The van der Waals surface area contributed by atoms with Gasteiger partial charge in [0.05, 0.1) is 0 Å². The van der Waals surface area contributed by atoms with Crippen molar-refractivity contribution in [3.63, 3.8) is 0 Å². The molecule has 2 atom stereocenters. The quantitative estimate of drug-likeness (QED) is 0.749. The van der Waals surface area contributed by atoms with Gasteiger partial charge in [-0.05, 0) is 46.2 Å². The fourth-order valence-electron chi connectivity index (χ4n) is 2.38. The van der Waals surface area contributed by atoms with E-state index in [-0.39, 0.29) is 0 Å². The van der Waals surface area contributed by atoms with Crippen molar-refractivity contribution >= 4 is 0 Å². The number of hydrogen-bond acceptors (Lipinski definition) is 3. The SMILES string of the molecule is CCNC(C)C(C)N(C)CC1CCOCC1. The maximum absolute atomic E-state index is 5.40. The van der Waals surface area contributed by atoms with E-state index in [1.165, 1.54) is 19.4 Å². The van der Waals surface area contributed by atoms with Crippen molar-refractivity contribution in [1.29, 1.82) is 0 Å². The second-order valence-corrected chi connectivity index (χ2v) is 5.08. The summed E-state index contributed by atoms with van der Waals surface area (Å²) in [5.74, 6) is 0.829. The van der Waals surface area contributed by atoms with E-state index in [0.717, 1.165) is 25.7 Å². The first-order valence-corrected chi connectivity index (χ1v) is 6.66. The molecule has 0 aromatic carbocycles. The highest BCUT2D eigenvalue weighted by Crippen LogP contribution is 2.17. The standard InChI is InChI=1S/C13H28N2O/c1-5-14-11(2)12(3)15(4)10-13-6-8-16-9-7-13/h11-14H,5-10H2,1-4H3. The molecule has 1 heterocycles. The Morgan fingerprint density at radius 2 is 1.94 bits per heavy atom. The van der Waals surface area contributed by atoms with Crippen LogP contribution >= 0.6 is 0 Å². The van der Waals surface area contributed by atoms with Crippen LogP contribution in [0.2, 0.25) is 0 Å². The van der Waals surface area contributed by atoms with Crippen LogP contribution < -0.4 is 5.32 Å². The van der Waals surface area contributed by atoms with Crippen LogP contribution in [0.1, 0.15) is 33.6 Å². The summed E-state index contributed by atoms with van der Waals surface area (Å²) in [5, 5.41) is 3.50. The summed E-state index contributed by atoms with van der Waals surface area (Å²) in [6.45, 7) is 10.9. The van der Waals surface area contributed by atoms with Crippen LogP contribution in [0.4, 0.5) is 0 Å². The normalized spacial score (nSPS) is 22.3. The molecule has 16 heavy (non-hydrogen) atoms. The highest BCUT2D eigenvalue weighted by atomic mass is 16.5. The predicted octanol–water partition coefficient (Wildman–Crippen LogP) is 1.73. The molecule has 1 N–H and O–H groups in total. The van der Waals surface area contributed by atoms with Crippen molar-refractivity contribution in [2.24, 2.45) is 5.92 Å². The summed E-state index contributed by atoms with van der Waals surface area (Å²) in [6, 6.07) is 1.16. The molecule has 0 radical (unpaired) electrons. The van der Waals surface area contributed by atoms with Gasteiger partial charge in [-0.1, -0.05) is 6.92 Å². The smallest absolute Gasteiger partial charge is 0.0469 e. The topological polar surface area (TPSA) is 24.5 Å². The van der Waals surface area contributed by atoms with Gasteiger partial charge in [-0.25, -0.2) is 0 Å². The minimum atomic E-state index is 0.565. The lowest BCUT2D eigenvalue weighted by atomic mass is 9.98. The van der Waals surface area contributed by atoms with Gasteiger partial charge in [0.25, 0.3) is 0 Å². The van der Waals surface area contributed by atoms with E-state index in [4.69, 9.17) is 4.74 Å². The minimum Gasteiger partial charge on any atom is -0.381 e. The van der Waals surface area contributed by atoms with Crippen molar-refractivity contribution in [3.8, 4) is 0 Å². The molecule has 0 saturated carbocycles. The summed E-state index contributed by atoms with van der Waals surface area (Å²) < 4.78 is 5.40. The highest BCUT2D eigenvalue weighted by Gasteiger charge is 2.21. The van der Waals surface area contributed by atoms with E-state index >= 15 is 0 Å². The third kappa shape index (κ3) is 4.40. The maximum atomic E-state index is 5.40. The number of likely N-dealkylation sites (N-methyl/N-ethyl adjacent to an activating group) is 2. The Bertz CT molecular complexity index is 181. The molecule has 1 aliphatic heterocycles. The summed E-state index contributed by atoms with van der Waals surface area (Å²) in [4.78, 5) is 2.49. The molecular formula is C13H28N2O. The van der Waals surface area contributed by atoms with E-state index in [1.807, 2.05) is 0 Å². The van der Waals surface area contributed by atoms with E-state index in [9.17, 15) is 0 Å². The monoisotopic (exact) mass is 228 g/mol. The van der Waals surface area contributed by atoms with Gasteiger partial charge in [0.2, 0.25) is 0 Å². The number of rotatable bonds is 6. The lowest BCUT2D eigenvalue weighted by molar-refractivity contribution is 0.0492. The van der Waals surface area contributed by atoms with Crippen LogP contribution in [0.5, 0.6) is 0 Å². The molecule has 1 fully saturated rings. The third-order valence-corrected chi connectivity index (χ3v) is 3.83. The summed E-state index contributed by atoms with van der Waals surface area (Å²) in [6.07, 6.45) is 2.46. The van der Waals surface area contributed by atoms with Gasteiger partial charge in [0, 0.05) is 31.8 Å². The Morgan fingerprint density at radius 1 is 1.31 bits per heavy atom. The van der Waals surface area contributed by atoms with Crippen molar-refractivity contribution < 1.29 is 4.74 Å². The molecule has 0 spiro atoms. The third-order valence-electron chi connectivity index (χ3n) is 3.83. The molecule has 1 aliphatic rings. The highest BCUT2D eigenvalue weighted by molar-refractivity contribution is 4.77. The molecule has 96 valence electrons. The van der Waals surface area contributed by atoms with Gasteiger partial charge >= 0.3 is 0 Å². The van der Waals surface area contributed by atoms with E-state index < -0.39 is 0 Å². The maximum Gasteiger partial charge on any atom is 0.0469 e. The van der Waals surface area contributed by atoms with Crippen molar-refractivity contribution in [3.05, 3.63) is 0 Å². The second kappa shape index (κ2) is 7.25. The molecule has 2 unspecified atom stereocenters. The summed E-state index contributed by atoms with van der Waals surface area (Å²) in [7, 11) is 2.24. The molecule has 0 aliphatic carbocycles. The summed E-state index contributed by atoms with van der Waals surface area (Å²) >= 11 is 0. The van der Waals surface area contributed by atoms with Crippen LogP contribution in [-0.2, 0) is 4.74 Å². The average molecular weight is 228 g/mol. The molecule has 1 saturated heterocycles. The lowest BCUT2D eigenvalue weighted by Gasteiger charge is -2.34. The van der Waals surface area contributed by atoms with Gasteiger partial charge in [0.1, 0.15) is 0 Å². The number of hydrogen-bond donors (Lipinski definition) is 1. The van der Waals surface area contributed by atoms with Crippen LogP contribution in [-0.4, -0.2) is 50.3 Å². The van der Waals surface area contributed by atoms with Crippen LogP contribution in [0.3, 0.4) is 0 Å². The first-order chi connectivity index (χ1) is 7.65. The minimum absolute atomic E-state index is 0.565. The predicted molar refractivity (Wildman–Crippen MR) is 68.8 cm³/mol. The van der Waals surface area contributed by atoms with E-state index in [1.54, 1.807) is 0 Å². The van der Waals surface area contributed by atoms with Crippen molar-refractivity contribution in [1.82, 2.24) is 10.2 Å². The summed E-state index contributed by atoms with van der Waals surface area (Å²) in [5.41, 5.74) is 0. The lowest BCUT2D eigenvalue weighted by Crippen LogP contribution is -2.47. The van der Waals surface area contributed by atoms with Gasteiger partial charge in [-0.2, -0.15) is 0 Å². The number of ether oxygens (including phenoxy) is 1. The number of nitrogens with one attached hydrogen (secondary N) is 1. The molecular weight excluding hydrogens is 200 g/mol. The number of nitrogens with zero attached hydrogens (tertiary/aromatic N) is 1. The fraction of sp³-hybridized carbons (Fsp3) is 1.00. The molecule has 0 amide bonds. The van der Waals surface area contributed by atoms with Gasteiger partial charge in [0.15, 0.2) is 0 Å².